The van der Waals surface area contributed by atoms with Crippen LogP contribution in [0.2, 0.25) is 0 Å². The second-order valence-corrected chi connectivity index (χ2v) is 11.7. The van der Waals surface area contributed by atoms with E-state index in [2.05, 4.69) is 170 Å². The van der Waals surface area contributed by atoms with Gasteiger partial charge in [-0.1, -0.05) is 152 Å². The van der Waals surface area contributed by atoms with Gasteiger partial charge in [0.15, 0.2) is 0 Å². The highest BCUT2D eigenvalue weighted by Gasteiger charge is 2.30. The molecule has 0 amide bonds. The van der Waals surface area contributed by atoms with E-state index in [1.165, 1.54) is 88.3 Å². The lowest BCUT2D eigenvalue weighted by Gasteiger charge is -2.21. The fraction of sp³-hybridized carbons (Fsp3) is 0. The lowest BCUT2D eigenvalue weighted by Crippen LogP contribution is -1.94. The van der Waals surface area contributed by atoms with E-state index in [1.807, 2.05) is 0 Å². The van der Waals surface area contributed by atoms with Gasteiger partial charge in [0, 0.05) is 0 Å². The maximum Gasteiger partial charge on any atom is -0.000764 e. The molecule has 0 aliphatic heterocycles. The first-order chi connectivity index (χ1) is 21.8. The average molecular weight is 557 g/mol. The van der Waals surface area contributed by atoms with Gasteiger partial charge in [-0.25, -0.2) is 0 Å². The fourth-order valence-corrected chi connectivity index (χ4v) is 7.20. The standard InChI is InChI=1S/C44H28/c1-3-13-30(14-4-1)39-28-40(36-21-9-20-34(27-36)35-25-24-29-12-7-8-17-33(29)26-35)42(32-15-5-2-6-16-32)44-38-23-11-19-31-18-10-22-37(41(31)38)43(39)44/h1-28H. The Bertz CT molecular complexity index is 2360. The molecule has 0 heteroatoms. The molecule has 0 atom stereocenters. The molecule has 0 radical (unpaired) electrons. The zero-order valence-electron chi connectivity index (χ0n) is 24.2. The molecule has 0 heterocycles. The molecule has 1 aliphatic carbocycles. The second-order valence-electron chi connectivity index (χ2n) is 11.7. The van der Waals surface area contributed by atoms with Gasteiger partial charge >= 0.3 is 0 Å². The summed E-state index contributed by atoms with van der Waals surface area (Å²) >= 11 is 0. The molecule has 0 saturated heterocycles. The molecule has 8 aromatic carbocycles. The molecule has 0 bridgehead atoms. The van der Waals surface area contributed by atoms with Gasteiger partial charge < -0.3 is 0 Å². The molecule has 0 fully saturated rings. The maximum absolute atomic E-state index is 2.45. The summed E-state index contributed by atoms with van der Waals surface area (Å²) in [4.78, 5) is 0. The minimum atomic E-state index is 1.22. The van der Waals surface area contributed by atoms with Crippen LogP contribution >= 0.6 is 0 Å². The maximum atomic E-state index is 2.45. The van der Waals surface area contributed by atoms with Gasteiger partial charge in [0.25, 0.3) is 0 Å². The van der Waals surface area contributed by atoms with E-state index < -0.39 is 0 Å². The largest absolute Gasteiger partial charge is 0.0622 e. The van der Waals surface area contributed by atoms with Gasteiger partial charge in [0.05, 0.1) is 0 Å². The zero-order chi connectivity index (χ0) is 29.0. The van der Waals surface area contributed by atoms with E-state index >= 15 is 0 Å². The number of fused-ring (bicyclic) bond motifs is 4. The Morgan fingerprint density at radius 3 is 1.55 bits per heavy atom. The first-order valence-corrected chi connectivity index (χ1v) is 15.3. The van der Waals surface area contributed by atoms with Crippen molar-refractivity contribution in [3.8, 4) is 66.8 Å². The lowest BCUT2D eigenvalue weighted by atomic mass is 9.82. The third kappa shape index (κ3) is 3.85. The van der Waals surface area contributed by atoms with Crippen molar-refractivity contribution in [3.63, 3.8) is 0 Å². The van der Waals surface area contributed by atoms with E-state index in [0.717, 1.165) is 0 Å². The van der Waals surface area contributed by atoms with Crippen LogP contribution in [0.3, 0.4) is 0 Å². The minimum Gasteiger partial charge on any atom is -0.0622 e. The van der Waals surface area contributed by atoms with Crippen LogP contribution in [0.5, 0.6) is 0 Å². The molecule has 9 rings (SSSR count). The van der Waals surface area contributed by atoms with Crippen molar-refractivity contribution < 1.29 is 0 Å². The van der Waals surface area contributed by atoms with E-state index in [0.29, 0.717) is 0 Å². The zero-order valence-corrected chi connectivity index (χ0v) is 24.2. The minimum absolute atomic E-state index is 1.22. The molecule has 0 N–H and O–H groups in total. The van der Waals surface area contributed by atoms with E-state index in [1.54, 1.807) is 0 Å². The Morgan fingerprint density at radius 2 is 0.773 bits per heavy atom. The summed E-state index contributed by atoms with van der Waals surface area (Å²) in [5.74, 6) is 0. The number of rotatable bonds is 4. The molecule has 0 unspecified atom stereocenters. The van der Waals surface area contributed by atoms with Crippen LogP contribution in [0.1, 0.15) is 0 Å². The van der Waals surface area contributed by atoms with Crippen LogP contribution in [-0.2, 0) is 0 Å². The van der Waals surface area contributed by atoms with Crippen molar-refractivity contribution in [2.45, 2.75) is 0 Å². The van der Waals surface area contributed by atoms with Crippen molar-refractivity contribution >= 4 is 21.5 Å². The summed E-state index contributed by atoms with van der Waals surface area (Å²) < 4.78 is 0. The summed E-state index contributed by atoms with van der Waals surface area (Å²) in [7, 11) is 0. The monoisotopic (exact) mass is 556 g/mol. The third-order valence-corrected chi connectivity index (χ3v) is 9.17. The molecule has 0 aromatic heterocycles. The van der Waals surface area contributed by atoms with Crippen molar-refractivity contribution in [3.05, 3.63) is 170 Å². The summed E-state index contributed by atoms with van der Waals surface area (Å²) in [6, 6.07) is 62.3. The Balaban J connectivity index is 1.37. The molecule has 44 heavy (non-hydrogen) atoms. The van der Waals surface area contributed by atoms with E-state index in [9.17, 15) is 0 Å². The first kappa shape index (κ1) is 24.8. The predicted octanol–water partition coefficient (Wildman–Crippen LogP) is 12.3. The lowest BCUT2D eigenvalue weighted by molar-refractivity contribution is 1.56. The van der Waals surface area contributed by atoms with Crippen LogP contribution in [0.15, 0.2) is 170 Å². The highest BCUT2D eigenvalue weighted by atomic mass is 14.3. The SMILES string of the molecule is c1ccc(-c2cc(-c3cccc(-c4ccc5ccccc5c4)c3)c(-c3ccccc3)c3c2-c2cccc4cccc-3c24)cc1. The fourth-order valence-electron chi connectivity index (χ4n) is 7.20. The van der Waals surface area contributed by atoms with Crippen molar-refractivity contribution in [1.29, 1.82) is 0 Å². The topological polar surface area (TPSA) is 0 Å². The molecular weight excluding hydrogens is 528 g/mol. The molecule has 1 aliphatic rings. The molecular formula is C44H28. The number of hydrogen-bond acceptors (Lipinski definition) is 0. The number of benzene rings is 8. The Labute approximate surface area is 257 Å². The van der Waals surface area contributed by atoms with Crippen LogP contribution < -0.4 is 0 Å². The van der Waals surface area contributed by atoms with Crippen LogP contribution in [0, 0.1) is 0 Å². The quantitative estimate of drug-likeness (QED) is 0.202. The van der Waals surface area contributed by atoms with Crippen molar-refractivity contribution in [2.24, 2.45) is 0 Å². The first-order valence-electron chi connectivity index (χ1n) is 15.3. The number of hydrogen-bond donors (Lipinski definition) is 0. The summed E-state index contributed by atoms with van der Waals surface area (Å²) in [6.45, 7) is 0. The highest BCUT2D eigenvalue weighted by Crippen LogP contribution is 2.57. The molecule has 204 valence electrons. The van der Waals surface area contributed by atoms with Crippen LogP contribution in [0.25, 0.3) is 88.3 Å². The van der Waals surface area contributed by atoms with E-state index in [-0.39, 0.29) is 0 Å². The molecule has 0 spiro atoms. The van der Waals surface area contributed by atoms with Crippen molar-refractivity contribution in [2.75, 3.05) is 0 Å². The second kappa shape index (κ2) is 9.93. The Hall–Kier alpha value is -5.72. The average Bonchev–Trinajstić information content (AvgIpc) is 3.44. The molecule has 8 aromatic rings. The Morgan fingerprint density at radius 1 is 0.227 bits per heavy atom. The third-order valence-electron chi connectivity index (χ3n) is 9.17. The van der Waals surface area contributed by atoms with Gasteiger partial charge in [-0.15, -0.1) is 0 Å². The predicted molar refractivity (Wildman–Crippen MR) is 188 cm³/mol. The summed E-state index contributed by atoms with van der Waals surface area (Å²) in [5.41, 5.74) is 15.3. The Kier molecular flexibility index (Phi) is 5.61. The summed E-state index contributed by atoms with van der Waals surface area (Å²) in [6.07, 6.45) is 0. The summed E-state index contributed by atoms with van der Waals surface area (Å²) in [5, 5.41) is 5.16. The molecule has 0 saturated carbocycles. The van der Waals surface area contributed by atoms with Gasteiger partial charge in [-0.3, -0.25) is 0 Å². The van der Waals surface area contributed by atoms with Crippen LogP contribution in [0.4, 0.5) is 0 Å². The van der Waals surface area contributed by atoms with Crippen molar-refractivity contribution in [1.82, 2.24) is 0 Å². The normalized spacial score (nSPS) is 11.6. The van der Waals surface area contributed by atoms with E-state index in [4.69, 9.17) is 0 Å². The van der Waals surface area contributed by atoms with Crippen LogP contribution in [-0.4, -0.2) is 0 Å². The van der Waals surface area contributed by atoms with Gasteiger partial charge in [0.1, 0.15) is 0 Å². The van der Waals surface area contributed by atoms with Gasteiger partial charge in [-0.05, 0) is 107 Å². The van der Waals surface area contributed by atoms with Gasteiger partial charge in [0.2, 0.25) is 0 Å². The van der Waals surface area contributed by atoms with Gasteiger partial charge in [-0.2, -0.15) is 0 Å². The molecule has 0 nitrogen and oxygen atoms in total. The highest BCUT2D eigenvalue weighted by molar-refractivity contribution is 6.22. The smallest absolute Gasteiger partial charge is 0.000764 e.